The Morgan fingerprint density at radius 3 is 2.26 bits per heavy atom. The molecule has 1 N–H and O–H groups in total. The highest BCUT2D eigenvalue weighted by Gasteiger charge is 2.29. The molecule has 110 valence electrons. The molecule has 5 rings (SSSR count). The van der Waals surface area contributed by atoms with Crippen LogP contribution in [0.25, 0.3) is 22.2 Å². The fraction of sp³-hybridized carbons (Fsp3) is 0.0526. The Morgan fingerprint density at radius 2 is 1.52 bits per heavy atom. The van der Waals surface area contributed by atoms with Gasteiger partial charge in [-0.2, -0.15) is 0 Å². The third-order valence-corrected chi connectivity index (χ3v) is 5.62. The van der Waals surface area contributed by atoms with Crippen molar-refractivity contribution in [3.05, 3.63) is 78.2 Å². The van der Waals surface area contributed by atoms with E-state index in [0.717, 1.165) is 16.1 Å². The molecule has 1 aliphatic rings. The molecular weight excluding hydrogens is 302 g/mol. The molecule has 0 aliphatic heterocycles. The van der Waals surface area contributed by atoms with Crippen molar-refractivity contribution in [2.24, 2.45) is 0 Å². The van der Waals surface area contributed by atoms with E-state index >= 15 is 0 Å². The number of H-pyrrole nitrogens is 1. The van der Waals surface area contributed by atoms with Crippen molar-refractivity contribution in [3.63, 3.8) is 0 Å². The van der Waals surface area contributed by atoms with Crippen LogP contribution in [0.15, 0.2) is 72.1 Å². The summed E-state index contributed by atoms with van der Waals surface area (Å²) in [5, 5.41) is 2.38. The van der Waals surface area contributed by atoms with Gasteiger partial charge in [0.2, 0.25) is 0 Å². The third-order valence-electron chi connectivity index (χ3n) is 4.32. The molecule has 0 saturated carbocycles. The van der Waals surface area contributed by atoms with Crippen LogP contribution in [0, 0.1) is 0 Å². The van der Waals surface area contributed by atoms with E-state index in [1.54, 1.807) is 18.1 Å². The summed E-state index contributed by atoms with van der Waals surface area (Å²) in [6, 6.07) is 19.4. The van der Waals surface area contributed by atoms with Crippen LogP contribution in [0.1, 0.15) is 16.4 Å². The van der Waals surface area contributed by atoms with Crippen molar-refractivity contribution in [1.82, 2.24) is 15.0 Å². The maximum atomic E-state index is 4.52. The summed E-state index contributed by atoms with van der Waals surface area (Å²) >= 11 is 1.80. The molecule has 3 nitrogen and oxygen atoms in total. The van der Waals surface area contributed by atoms with Gasteiger partial charge < -0.3 is 4.98 Å². The molecule has 0 fully saturated rings. The molecule has 4 aromatic rings. The van der Waals surface area contributed by atoms with Crippen molar-refractivity contribution in [2.45, 2.75) is 10.3 Å². The number of aromatic nitrogens is 3. The number of fused-ring (bicyclic) bond motifs is 4. The average Bonchev–Trinajstić information content (AvgIpc) is 3.20. The van der Waals surface area contributed by atoms with Gasteiger partial charge in [-0.1, -0.05) is 60.3 Å². The number of rotatable bonds is 2. The van der Waals surface area contributed by atoms with Gasteiger partial charge in [-0.05, 0) is 28.3 Å². The van der Waals surface area contributed by atoms with Gasteiger partial charge in [0.05, 0.1) is 10.6 Å². The molecule has 2 aromatic carbocycles. The van der Waals surface area contributed by atoms with E-state index in [2.05, 4.69) is 63.5 Å². The Kier molecular flexibility index (Phi) is 2.78. The van der Waals surface area contributed by atoms with Crippen LogP contribution >= 0.6 is 11.8 Å². The zero-order valence-corrected chi connectivity index (χ0v) is 13.0. The maximum absolute atomic E-state index is 4.52. The zero-order chi connectivity index (χ0) is 15.2. The van der Waals surface area contributed by atoms with Gasteiger partial charge in [0.1, 0.15) is 17.0 Å². The topological polar surface area (TPSA) is 41.6 Å². The van der Waals surface area contributed by atoms with Crippen molar-refractivity contribution in [2.75, 3.05) is 0 Å². The number of hydrogen-bond donors (Lipinski definition) is 1. The summed E-state index contributed by atoms with van der Waals surface area (Å²) in [6.07, 6.45) is 3.55. The van der Waals surface area contributed by atoms with Gasteiger partial charge >= 0.3 is 0 Å². The Labute approximate surface area is 137 Å². The summed E-state index contributed by atoms with van der Waals surface area (Å²) in [6.45, 7) is 0. The first kappa shape index (κ1) is 12.9. The minimum atomic E-state index is 0.274. The highest BCUT2D eigenvalue weighted by atomic mass is 32.2. The molecule has 0 unspecified atom stereocenters. The molecule has 0 radical (unpaired) electrons. The lowest BCUT2D eigenvalue weighted by atomic mass is 10.1. The zero-order valence-electron chi connectivity index (χ0n) is 12.2. The summed E-state index contributed by atoms with van der Waals surface area (Å²) in [5.74, 6) is 0. The quantitative estimate of drug-likeness (QED) is 0.539. The second-order valence-corrected chi connectivity index (χ2v) is 6.68. The van der Waals surface area contributed by atoms with Crippen molar-refractivity contribution in [3.8, 4) is 11.1 Å². The molecule has 0 saturated heterocycles. The van der Waals surface area contributed by atoms with Crippen LogP contribution in [0.5, 0.6) is 0 Å². The van der Waals surface area contributed by atoms with E-state index in [9.17, 15) is 0 Å². The Hall–Kier alpha value is -2.59. The average molecular weight is 315 g/mol. The SMILES string of the molecule is c1ccc2c(c1)-c1ccccc1C2Sc1ncnc2[nH]ccc12. The molecular formula is C19H13N3S. The monoisotopic (exact) mass is 315 g/mol. The third kappa shape index (κ3) is 1.92. The molecule has 2 heterocycles. The van der Waals surface area contributed by atoms with Gasteiger partial charge in [-0.15, -0.1) is 0 Å². The van der Waals surface area contributed by atoms with E-state index in [1.807, 2.05) is 12.3 Å². The normalized spacial score (nSPS) is 13.2. The smallest absolute Gasteiger partial charge is 0.141 e. The predicted molar refractivity (Wildman–Crippen MR) is 93.5 cm³/mol. The number of hydrogen-bond acceptors (Lipinski definition) is 3. The Morgan fingerprint density at radius 1 is 0.826 bits per heavy atom. The van der Waals surface area contributed by atoms with E-state index < -0.39 is 0 Å². The largest absolute Gasteiger partial charge is 0.346 e. The van der Waals surface area contributed by atoms with Crippen LogP contribution in [0.4, 0.5) is 0 Å². The van der Waals surface area contributed by atoms with Crippen LogP contribution in [-0.2, 0) is 0 Å². The van der Waals surface area contributed by atoms with Crippen LogP contribution in [0.2, 0.25) is 0 Å². The molecule has 1 aliphatic carbocycles. The lowest BCUT2D eigenvalue weighted by Gasteiger charge is -2.13. The predicted octanol–water partition coefficient (Wildman–Crippen LogP) is 4.82. The Balaban J connectivity index is 1.67. The molecule has 0 amide bonds. The summed E-state index contributed by atoms with van der Waals surface area (Å²) < 4.78 is 0. The minimum Gasteiger partial charge on any atom is -0.346 e. The van der Waals surface area contributed by atoms with Gasteiger partial charge in [0.15, 0.2) is 0 Å². The van der Waals surface area contributed by atoms with Crippen molar-refractivity contribution < 1.29 is 0 Å². The molecule has 4 heteroatoms. The van der Waals surface area contributed by atoms with E-state index in [4.69, 9.17) is 0 Å². The number of nitrogens with one attached hydrogen (secondary N) is 1. The second kappa shape index (κ2) is 4.96. The first-order chi connectivity index (χ1) is 11.4. The highest BCUT2D eigenvalue weighted by Crippen LogP contribution is 2.52. The van der Waals surface area contributed by atoms with Crippen molar-refractivity contribution in [1.29, 1.82) is 0 Å². The van der Waals surface area contributed by atoms with E-state index in [-0.39, 0.29) is 5.25 Å². The fourth-order valence-electron chi connectivity index (χ4n) is 3.29. The molecule has 0 spiro atoms. The summed E-state index contributed by atoms with van der Waals surface area (Å²) in [5.41, 5.74) is 6.28. The minimum absolute atomic E-state index is 0.274. The van der Waals surface area contributed by atoms with Gasteiger partial charge in [-0.25, -0.2) is 9.97 Å². The van der Waals surface area contributed by atoms with Crippen LogP contribution in [-0.4, -0.2) is 15.0 Å². The van der Waals surface area contributed by atoms with Crippen molar-refractivity contribution >= 4 is 22.8 Å². The van der Waals surface area contributed by atoms with Gasteiger partial charge in [-0.3, -0.25) is 0 Å². The lowest BCUT2D eigenvalue weighted by molar-refractivity contribution is 1.08. The summed E-state index contributed by atoms with van der Waals surface area (Å²) in [7, 11) is 0. The highest BCUT2D eigenvalue weighted by molar-refractivity contribution is 7.99. The number of aromatic amines is 1. The Bertz CT molecular complexity index is 976. The molecule has 0 atom stereocenters. The number of nitrogens with zero attached hydrogens (tertiary/aromatic N) is 2. The van der Waals surface area contributed by atoms with Gasteiger partial charge in [0.25, 0.3) is 0 Å². The maximum Gasteiger partial charge on any atom is 0.141 e. The standard InChI is InChI=1S/C19H13N3S/c1-3-7-14-12(5-1)13-6-2-4-8-15(13)17(14)23-19-16-9-10-20-18(16)21-11-22-19/h1-11,17H,(H,20,21,22). The fourth-order valence-corrected chi connectivity index (χ4v) is 4.58. The van der Waals surface area contributed by atoms with E-state index in [1.165, 1.54) is 22.3 Å². The number of benzene rings is 2. The van der Waals surface area contributed by atoms with Crippen LogP contribution in [0.3, 0.4) is 0 Å². The molecule has 0 bridgehead atoms. The van der Waals surface area contributed by atoms with E-state index in [0.29, 0.717) is 0 Å². The molecule has 23 heavy (non-hydrogen) atoms. The summed E-state index contributed by atoms with van der Waals surface area (Å²) in [4.78, 5) is 12.0. The first-order valence-electron chi connectivity index (χ1n) is 7.55. The first-order valence-corrected chi connectivity index (χ1v) is 8.43. The van der Waals surface area contributed by atoms with Crippen LogP contribution < -0.4 is 0 Å². The second-order valence-electron chi connectivity index (χ2n) is 5.59. The lowest BCUT2D eigenvalue weighted by Crippen LogP contribution is -1.93. The van der Waals surface area contributed by atoms with Gasteiger partial charge in [0, 0.05) is 6.20 Å². The molecule has 2 aromatic heterocycles. The number of thioether (sulfide) groups is 1.